The molecule has 1 aliphatic rings. The lowest BCUT2D eigenvalue weighted by Gasteiger charge is -2.26. The van der Waals surface area contributed by atoms with Crippen LogP contribution in [0.15, 0.2) is 0 Å². The Labute approximate surface area is 114 Å². The molecule has 1 saturated heterocycles. The first-order valence-electron chi connectivity index (χ1n) is 6.91. The largest absolute Gasteiger partial charge is 0.466 e. The first-order valence-corrected chi connectivity index (χ1v) is 6.91. The van der Waals surface area contributed by atoms with Gasteiger partial charge in [0.2, 0.25) is 5.91 Å². The lowest BCUT2D eigenvalue weighted by molar-refractivity contribution is -0.143. The van der Waals surface area contributed by atoms with Crippen LogP contribution in [0.2, 0.25) is 0 Å². The zero-order valence-corrected chi connectivity index (χ0v) is 11.5. The van der Waals surface area contributed by atoms with Gasteiger partial charge < -0.3 is 20.5 Å². The lowest BCUT2D eigenvalue weighted by Crippen LogP contribution is -2.47. The zero-order chi connectivity index (χ0) is 14.1. The molecule has 6 nitrogen and oxygen atoms in total. The van der Waals surface area contributed by atoms with Gasteiger partial charge in [-0.3, -0.25) is 9.59 Å². The van der Waals surface area contributed by atoms with Gasteiger partial charge in [-0.25, -0.2) is 0 Å². The van der Waals surface area contributed by atoms with Gasteiger partial charge in [-0.15, -0.1) is 0 Å². The molecule has 0 aromatic heterocycles. The van der Waals surface area contributed by atoms with E-state index in [4.69, 9.17) is 15.2 Å². The van der Waals surface area contributed by atoms with Crippen LogP contribution in [-0.2, 0) is 19.1 Å². The Balaban J connectivity index is 2.14. The van der Waals surface area contributed by atoms with Gasteiger partial charge in [0.15, 0.2) is 0 Å². The van der Waals surface area contributed by atoms with E-state index in [1.807, 2.05) is 0 Å². The molecule has 0 radical (unpaired) electrons. The summed E-state index contributed by atoms with van der Waals surface area (Å²) in [7, 11) is 0. The number of ether oxygens (including phenoxy) is 2. The number of carbonyl (C=O) groups excluding carboxylic acids is 2. The van der Waals surface area contributed by atoms with E-state index >= 15 is 0 Å². The standard InChI is InChI=1S/C13H24N2O4/c1-2-19-11(16)4-3-7-15-13(17)12(14)10-5-8-18-9-6-10/h10,12H,2-9,14H2,1H3,(H,15,17). The molecule has 1 unspecified atom stereocenters. The summed E-state index contributed by atoms with van der Waals surface area (Å²) in [6.45, 7) is 3.96. The average molecular weight is 272 g/mol. The highest BCUT2D eigenvalue weighted by atomic mass is 16.5. The average Bonchev–Trinajstić information content (AvgIpc) is 2.44. The minimum atomic E-state index is -0.480. The molecule has 0 spiro atoms. The molecular weight excluding hydrogens is 248 g/mol. The third kappa shape index (κ3) is 6.02. The number of rotatable bonds is 7. The number of nitrogens with one attached hydrogen (secondary N) is 1. The van der Waals surface area contributed by atoms with Crippen LogP contribution in [0.1, 0.15) is 32.6 Å². The third-order valence-electron chi connectivity index (χ3n) is 3.24. The Hall–Kier alpha value is -1.14. The van der Waals surface area contributed by atoms with Crippen molar-refractivity contribution in [2.75, 3.05) is 26.4 Å². The second-order valence-electron chi connectivity index (χ2n) is 4.68. The van der Waals surface area contributed by atoms with Gasteiger partial charge in [0.25, 0.3) is 0 Å². The molecule has 0 aromatic rings. The van der Waals surface area contributed by atoms with E-state index in [9.17, 15) is 9.59 Å². The van der Waals surface area contributed by atoms with E-state index in [1.54, 1.807) is 6.92 Å². The van der Waals surface area contributed by atoms with Crippen LogP contribution in [0, 0.1) is 5.92 Å². The van der Waals surface area contributed by atoms with Gasteiger partial charge in [0.05, 0.1) is 12.6 Å². The minimum Gasteiger partial charge on any atom is -0.466 e. The summed E-state index contributed by atoms with van der Waals surface area (Å²) in [4.78, 5) is 22.9. The summed E-state index contributed by atoms with van der Waals surface area (Å²) in [5.74, 6) is -0.181. The summed E-state index contributed by atoms with van der Waals surface area (Å²) in [6.07, 6.45) is 2.56. The van der Waals surface area contributed by atoms with E-state index < -0.39 is 6.04 Å². The smallest absolute Gasteiger partial charge is 0.305 e. The first-order chi connectivity index (χ1) is 9.15. The fraction of sp³-hybridized carbons (Fsp3) is 0.846. The van der Waals surface area contributed by atoms with E-state index in [-0.39, 0.29) is 17.8 Å². The Kier molecular flexibility index (Phi) is 7.43. The maximum absolute atomic E-state index is 11.8. The van der Waals surface area contributed by atoms with Crippen molar-refractivity contribution >= 4 is 11.9 Å². The predicted molar refractivity (Wildman–Crippen MR) is 70.4 cm³/mol. The molecule has 1 heterocycles. The maximum atomic E-state index is 11.8. The molecule has 6 heteroatoms. The summed E-state index contributed by atoms with van der Waals surface area (Å²) >= 11 is 0. The Bertz CT molecular complexity index is 290. The van der Waals surface area contributed by atoms with Crippen molar-refractivity contribution in [2.24, 2.45) is 11.7 Å². The molecule has 0 aromatic carbocycles. The Morgan fingerprint density at radius 2 is 2.11 bits per heavy atom. The zero-order valence-electron chi connectivity index (χ0n) is 11.5. The van der Waals surface area contributed by atoms with Gasteiger partial charge in [0, 0.05) is 26.2 Å². The molecule has 0 saturated carbocycles. The molecule has 19 heavy (non-hydrogen) atoms. The third-order valence-corrected chi connectivity index (χ3v) is 3.24. The second-order valence-corrected chi connectivity index (χ2v) is 4.68. The molecule has 1 fully saturated rings. The van der Waals surface area contributed by atoms with Crippen molar-refractivity contribution in [2.45, 2.75) is 38.6 Å². The molecule has 110 valence electrons. The summed E-state index contributed by atoms with van der Waals surface area (Å²) in [6, 6.07) is -0.480. The van der Waals surface area contributed by atoms with E-state index in [1.165, 1.54) is 0 Å². The topological polar surface area (TPSA) is 90.7 Å². The van der Waals surface area contributed by atoms with E-state index in [0.29, 0.717) is 39.2 Å². The maximum Gasteiger partial charge on any atom is 0.305 e. The highest BCUT2D eigenvalue weighted by molar-refractivity contribution is 5.81. The quantitative estimate of drug-likeness (QED) is 0.510. The van der Waals surface area contributed by atoms with Crippen LogP contribution >= 0.6 is 0 Å². The van der Waals surface area contributed by atoms with E-state index in [2.05, 4.69) is 5.32 Å². The van der Waals surface area contributed by atoms with Crippen molar-refractivity contribution in [3.05, 3.63) is 0 Å². The first kappa shape index (κ1) is 15.9. The summed E-state index contributed by atoms with van der Waals surface area (Å²) in [5, 5.41) is 2.76. The minimum absolute atomic E-state index is 0.143. The van der Waals surface area contributed by atoms with Crippen molar-refractivity contribution in [3.63, 3.8) is 0 Å². The lowest BCUT2D eigenvalue weighted by atomic mass is 9.92. The second kappa shape index (κ2) is 8.87. The molecular formula is C13H24N2O4. The van der Waals surface area contributed by atoms with Gasteiger partial charge in [-0.1, -0.05) is 0 Å². The molecule has 3 N–H and O–H groups in total. The number of esters is 1. The number of hydrogen-bond donors (Lipinski definition) is 2. The summed E-state index contributed by atoms with van der Waals surface area (Å²) < 4.78 is 10.0. The van der Waals surface area contributed by atoms with Gasteiger partial charge >= 0.3 is 5.97 Å². The predicted octanol–water partition coefficient (Wildman–Crippen LogP) is 0.200. The number of hydrogen-bond acceptors (Lipinski definition) is 5. The van der Waals surface area contributed by atoms with Gasteiger partial charge in [-0.2, -0.15) is 0 Å². The number of carbonyl (C=O) groups is 2. The Morgan fingerprint density at radius 1 is 1.42 bits per heavy atom. The van der Waals surface area contributed by atoms with Crippen LogP contribution in [0.4, 0.5) is 0 Å². The Morgan fingerprint density at radius 3 is 2.74 bits per heavy atom. The van der Waals surface area contributed by atoms with Crippen LogP contribution in [0.25, 0.3) is 0 Å². The van der Waals surface area contributed by atoms with Gasteiger partial charge in [-0.05, 0) is 32.1 Å². The molecule has 0 bridgehead atoms. The van der Waals surface area contributed by atoms with Crippen molar-refractivity contribution in [1.82, 2.24) is 5.32 Å². The molecule has 1 aliphatic heterocycles. The van der Waals surface area contributed by atoms with Crippen LogP contribution in [-0.4, -0.2) is 44.3 Å². The molecule has 1 amide bonds. The normalized spacial score (nSPS) is 17.8. The van der Waals surface area contributed by atoms with E-state index in [0.717, 1.165) is 12.8 Å². The number of amides is 1. The highest BCUT2D eigenvalue weighted by Crippen LogP contribution is 2.17. The van der Waals surface area contributed by atoms with Crippen LogP contribution in [0.3, 0.4) is 0 Å². The van der Waals surface area contributed by atoms with Crippen LogP contribution in [0.5, 0.6) is 0 Å². The monoisotopic (exact) mass is 272 g/mol. The molecule has 0 aliphatic carbocycles. The fourth-order valence-electron chi connectivity index (χ4n) is 2.08. The van der Waals surface area contributed by atoms with Crippen molar-refractivity contribution in [1.29, 1.82) is 0 Å². The van der Waals surface area contributed by atoms with Crippen molar-refractivity contribution in [3.8, 4) is 0 Å². The SMILES string of the molecule is CCOC(=O)CCCNC(=O)C(N)C1CCOCC1. The van der Waals surface area contributed by atoms with Crippen molar-refractivity contribution < 1.29 is 19.1 Å². The molecule has 1 atom stereocenters. The number of nitrogens with two attached hydrogens (primary N) is 1. The fourth-order valence-corrected chi connectivity index (χ4v) is 2.08. The van der Waals surface area contributed by atoms with Gasteiger partial charge in [0.1, 0.15) is 0 Å². The summed E-state index contributed by atoms with van der Waals surface area (Å²) in [5.41, 5.74) is 5.92. The highest BCUT2D eigenvalue weighted by Gasteiger charge is 2.26. The van der Waals surface area contributed by atoms with Crippen LogP contribution < -0.4 is 11.1 Å². The molecule has 1 rings (SSSR count).